The van der Waals surface area contributed by atoms with Gasteiger partial charge in [0.15, 0.2) is 0 Å². The van der Waals surface area contributed by atoms with E-state index in [0.29, 0.717) is 35.2 Å². The number of ether oxygens (including phenoxy) is 4. The molecule has 2 aromatic carbocycles. The number of anilines is 2. The molecule has 0 radical (unpaired) electrons. The Balaban J connectivity index is 1.94. The van der Waals surface area contributed by atoms with Crippen molar-refractivity contribution in [2.75, 3.05) is 45.6 Å². The molecule has 0 saturated heterocycles. The number of amides is 1. The Bertz CT molecular complexity index is 749. The second kappa shape index (κ2) is 9.41. The molecule has 7 nitrogen and oxygen atoms in total. The minimum Gasteiger partial charge on any atom is -0.497 e. The molecule has 0 aliphatic heterocycles. The van der Waals surface area contributed by atoms with Gasteiger partial charge in [-0.05, 0) is 24.3 Å². The van der Waals surface area contributed by atoms with Gasteiger partial charge in [0.05, 0.1) is 39.8 Å². The van der Waals surface area contributed by atoms with Crippen molar-refractivity contribution in [3.8, 4) is 23.0 Å². The Morgan fingerprint density at radius 1 is 0.808 bits per heavy atom. The molecule has 0 aromatic heterocycles. The Morgan fingerprint density at radius 3 is 2.12 bits per heavy atom. The number of carbonyl (C=O) groups excluding carboxylic acids is 1. The minimum atomic E-state index is -0.142. The summed E-state index contributed by atoms with van der Waals surface area (Å²) in [4.78, 5) is 12.2. The van der Waals surface area contributed by atoms with Gasteiger partial charge >= 0.3 is 0 Å². The summed E-state index contributed by atoms with van der Waals surface area (Å²) >= 11 is 0. The summed E-state index contributed by atoms with van der Waals surface area (Å²) in [6.07, 6.45) is 0.273. The highest BCUT2D eigenvalue weighted by molar-refractivity contribution is 5.92. The third-order valence-electron chi connectivity index (χ3n) is 3.76. The van der Waals surface area contributed by atoms with Gasteiger partial charge in [-0.2, -0.15) is 0 Å². The summed E-state index contributed by atoms with van der Waals surface area (Å²) in [5.74, 6) is 2.43. The van der Waals surface area contributed by atoms with Crippen molar-refractivity contribution in [3.05, 3.63) is 36.4 Å². The normalized spacial score (nSPS) is 10.0. The van der Waals surface area contributed by atoms with Crippen LogP contribution in [0.4, 0.5) is 11.4 Å². The molecule has 140 valence electrons. The van der Waals surface area contributed by atoms with Crippen LogP contribution in [0.3, 0.4) is 0 Å². The van der Waals surface area contributed by atoms with E-state index in [1.165, 1.54) is 0 Å². The van der Waals surface area contributed by atoms with Crippen molar-refractivity contribution < 1.29 is 23.7 Å². The zero-order valence-corrected chi connectivity index (χ0v) is 15.4. The molecular weight excluding hydrogens is 336 g/mol. The SMILES string of the molecule is COc1ccc(OC)c(NC(=O)CCNc2ccc(OC)cc2OC)c1. The molecule has 1 amide bonds. The fraction of sp³-hybridized carbons (Fsp3) is 0.316. The van der Waals surface area contributed by atoms with Crippen molar-refractivity contribution in [1.82, 2.24) is 0 Å². The lowest BCUT2D eigenvalue weighted by atomic mass is 10.2. The third-order valence-corrected chi connectivity index (χ3v) is 3.76. The molecule has 0 saturated carbocycles. The van der Waals surface area contributed by atoms with Gasteiger partial charge in [0.1, 0.15) is 23.0 Å². The molecule has 0 bridgehead atoms. The largest absolute Gasteiger partial charge is 0.497 e. The predicted molar refractivity (Wildman–Crippen MR) is 101 cm³/mol. The van der Waals surface area contributed by atoms with Gasteiger partial charge in [0.25, 0.3) is 0 Å². The lowest BCUT2D eigenvalue weighted by Gasteiger charge is -2.14. The van der Waals surface area contributed by atoms with Crippen molar-refractivity contribution in [3.63, 3.8) is 0 Å². The van der Waals surface area contributed by atoms with Crippen LogP contribution in [0.1, 0.15) is 6.42 Å². The summed E-state index contributed by atoms with van der Waals surface area (Å²) < 4.78 is 20.9. The molecule has 0 aliphatic carbocycles. The van der Waals surface area contributed by atoms with E-state index in [4.69, 9.17) is 18.9 Å². The number of hydrogen-bond acceptors (Lipinski definition) is 6. The first kappa shape index (κ1) is 19.2. The number of carbonyl (C=O) groups is 1. The topological polar surface area (TPSA) is 78.1 Å². The summed E-state index contributed by atoms with van der Waals surface area (Å²) in [5.41, 5.74) is 1.36. The number of methoxy groups -OCH3 is 4. The highest BCUT2D eigenvalue weighted by Gasteiger charge is 2.10. The van der Waals surface area contributed by atoms with E-state index in [2.05, 4.69) is 10.6 Å². The molecule has 2 rings (SSSR count). The molecule has 0 spiro atoms. The highest BCUT2D eigenvalue weighted by Crippen LogP contribution is 2.30. The Morgan fingerprint density at radius 2 is 1.46 bits per heavy atom. The van der Waals surface area contributed by atoms with Crippen LogP contribution in [-0.4, -0.2) is 40.9 Å². The number of nitrogens with one attached hydrogen (secondary N) is 2. The Hall–Kier alpha value is -3.09. The van der Waals surface area contributed by atoms with Crippen LogP contribution >= 0.6 is 0 Å². The summed E-state index contributed by atoms with van der Waals surface area (Å²) in [5, 5.41) is 6.02. The van der Waals surface area contributed by atoms with E-state index in [0.717, 1.165) is 5.69 Å². The minimum absolute atomic E-state index is 0.142. The monoisotopic (exact) mass is 360 g/mol. The first-order chi connectivity index (χ1) is 12.6. The van der Waals surface area contributed by atoms with Crippen LogP contribution in [0.25, 0.3) is 0 Å². The van der Waals surface area contributed by atoms with E-state index >= 15 is 0 Å². The quantitative estimate of drug-likeness (QED) is 0.715. The van der Waals surface area contributed by atoms with Gasteiger partial charge < -0.3 is 29.6 Å². The zero-order chi connectivity index (χ0) is 18.9. The molecule has 7 heteroatoms. The Kier molecular flexibility index (Phi) is 6.96. The number of hydrogen-bond donors (Lipinski definition) is 2. The molecule has 0 atom stereocenters. The van der Waals surface area contributed by atoms with Crippen molar-refractivity contribution in [1.29, 1.82) is 0 Å². The first-order valence-electron chi connectivity index (χ1n) is 8.09. The lowest BCUT2D eigenvalue weighted by molar-refractivity contribution is -0.116. The van der Waals surface area contributed by atoms with Gasteiger partial charge in [0, 0.05) is 25.1 Å². The van der Waals surface area contributed by atoms with Crippen LogP contribution < -0.4 is 29.6 Å². The molecule has 2 N–H and O–H groups in total. The van der Waals surface area contributed by atoms with E-state index < -0.39 is 0 Å². The van der Waals surface area contributed by atoms with Crippen LogP contribution in [0.5, 0.6) is 23.0 Å². The van der Waals surface area contributed by atoms with Gasteiger partial charge in [-0.3, -0.25) is 4.79 Å². The average Bonchev–Trinajstić information content (AvgIpc) is 2.67. The van der Waals surface area contributed by atoms with E-state index in [1.807, 2.05) is 12.1 Å². The van der Waals surface area contributed by atoms with Crippen molar-refractivity contribution in [2.24, 2.45) is 0 Å². The fourth-order valence-electron chi connectivity index (χ4n) is 2.38. The second-order valence-corrected chi connectivity index (χ2v) is 5.36. The Labute approximate surface area is 153 Å². The van der Waals surface area contributed by atoms with Gasteiger partial charge in [0.2, 0.25) is 5.91 Å². The van der Waals surface area contributed by atoms with Crippen molar-refractivity contribution >= 4 is 17.3 Å². The third kappa shape index (κ3) is 4.95. The summed E-state index contributed by atoms with van der Waals surface area (Å²) in [7, 11) is 6.30. The maximum atomic E-state index is 12.2. The lowest BCUT2D eigenvalue weighted by Crippen LogP contribution is -2.17. The number of rotatable bonds is 9. The maximum absolute atomic E-state index is 12.2. The molecule has 0 heterocycles. The van der Waals surface area contributed by atoms with Gasteiger partial charge in [-0.1, -0.05) is 0 Å². The highest BCUT2D eigenvalue weighted by atomic mass is 16.5. The second-order valence-electron chi connectivity index (χ2n) is 5.36. The molecule has 2 aromatic rings. The smallest absolute Gasteiger partial charge is 0.226 e. The van der Waals surface area contributed by atoms with Crippen LogP contribution in [0.15, 0.2) is 36.4 Å². The number of benzene rings is 2. The van der Waals surface area contributed by atoms with Crippen LogP contribution in [-0.2, 0) is 4.79 Å². The van der Waals surface area contributed by atoms with Crippen LogP contribution in [0.2, 0.25) is 0 Å². The fourth-order valence-corrected chi connectivity index (χ4v) is 2.38. The molecule has 0 fully saturated rings. The van der Waals surface area contributed by atoms with E-state index in [1.54, 1.807) is 52.7 Å². The van der Waals surface area contributed by atoms with Crippen LogP contribution in [0, 0.1) is 0 Å². The molecule has 0 unspecified atom stereocenters. The summed E-state index contributed by atoms with van der Waals surface area (Å²) in [6, 6.07) is 10.7. The predicted octanol–water partition coefficient (Wildman–Crippen LogP) is 3.16. The van der Waals surface area contributed by atoms with Crippen molar-refractivity contribution in [2.45, 2.75) is 6.42 Å². The average molecular weight is 360 g/mol. The van der Waals surface area contributed by atoms with E-state index in [9.17, 15) is 4.79 Å². The first-order valence-corrected chi connectivity index (χ1v) is 8.09. The molecule has 0 aliphatic rings. The maximum Gasteiger partial charge on any atom is 0.226 e. The van der Waals surface area contributed by atoms with Gasteiger partial charge in [-0.15, -0.1) is 0 Å². The standard InChI is InChI=1S/C19H24N2O5/c1-23-13-6-8-17(25-3)16(11-13)21-19(22)9-10-20-15-7-5-14(24-2)12-18(15)26-4/h5-8,11-12,20H,9-10H2,1-4H3,(H,21,22). The molecular formula is C19H24N2O5. The zero-order valence-electron chi connectivity index (χ0n) is 15.4. The summed E-state index contributed by atoms with van der Waals surface area (Å²) in [6.45, 7) is 0.445. The van der Waals surface area contributed by atoms with Gasteiger partial charge in [-0.25, -0.2) is 0 Å². The molecule has 26 heavy (non-hydrogen) atoms. The van der Waals surface area contributed by atoms with E-state index in [-0.39, 0.29) is 12.3 Å².